The zero-order valence-corrected chi connectivity index (χ0v) is 9.98. The number of hydrogen-bond donors (Lipinski definition) is 2. The molecule has 1 atom stereocenters. The monoisotopic (exact) mass is 271 g/mol. The van der Waals surface area contributed by atoms with E-state index in [-0.39, 0.29) is 28.9 Å². The van der Waals surface area contributed by atoms with Crippen molar-refractivity contribution < 1.29 is 4.79 Å². The van der Waals surface area contributed by atoms with Crippen molar-refractivity contribution in [2.24, 2.45) is 0 Å². The molecular formula is C10H14BrN3O. The van der Waals surface area contributed by atoms with Crippen LogP contribution in [0.1, 0.15) is 12.8 Å². The first-order valence-corrected chi connectivity index (χ1v) is 4.81. The molecule has 0 bridgehead atoms. The van der Waals surface area contributed by atoms with Crippen LogP contribution in [-0.4, -0.2) is 23.5 Å². The standard InChI is InChI=1S/C10H13N3O.BrH/c14-10(8-4-3-7-11-8)13-9-5-1-2-6-12-9;/h1-2,5-6,8,11H,3-4,7H2,(H,12,13,14);1H. The second-order valence-corrected chi connectivity index (χ2v) is 3.35. The molecular weight excluding hydrogens is 258 g/mol. The molecule has 1 aromatic rings. The zero-order valence-electron chi connectivity index (χ0n) is 8.27. The van der Waals surface area contributed by atoms with Gasteiger partial charge in [0.05, 0.1) is 6.04 Å². The van der Waals surface area contributed by atoms with Gasteiger partial charge in [0.25, 0.3) is 0 Å². The number of pyridine rings is 1. The molecule has 0 spiro atoms. The number of carbonyl (C=O) groups excluding carboxylic acids is 1. The maximum absolute atomic E-state index is 11.6. The normalized spacial score (nSPS) is 19.3. The van der Waals surface area contributed by atoms with Crippen LogP contribution in [0.5, 0.6) is 0 Å². The van der Waals surface area contributed by atoms with E-state index >= 15 is 0 Å². The topological polar surface area (TPSA) is 54.0 Å². The quantitative estimate of drug-likeness (QED) is 0.854. The number of aromatic nitrogens is 1. The molecule has 0 aromatic carbocycles. The minimum absolute atomic E-state index is 0. The van der Waals surface area contributed by atoms with Gasteiger partial charge in [0.2, 0.25) is 5.91 Å². The molecule has 0 aliphatic carbocycles. The van der Waals surface area contributed by atoms with Gasteiger partial charge in [-0.1, -0.05) is 6.07 Å². The Morgan fingerprint density at radius 3 is 3.00 bits per heavy atom. The van der Waals surface area contributed by atoms with Crippen molar-refractivity contribution in [1.29, 1.82) is 0 Å². The third kappa shape index (κ3) is 3.28. The molecule has 2 rings (SSSR count). The summed E-state index contributed by atoms with van der Waals surface area (Å²) >= 11 is 0. The molecule has 15 heavy (non-hydrogen) atoms. The number of rotatable bonds is 2. The highest BCUT2D eigenvalue weighted by molar-refractivity contribution is 8.93. The molecule has 5 heteroatoms. The minimum atomic E-state index is -0.0444. The Morgan fingerprint density at radius 1 is 1.53 bits per heavy atom. The molecule has 1 amide bonds. The summed E-state index contributed by atoms with van der Waals surface area (Å²) in [4.78, 5) is 15.6. The van der Waals surface area contributed by atoms with Crippen molar-refractivity contribution in [3.05, 3.63) is 24.4 Å². The summed E-state index contributed by atoms with van der Waals surface area (Å²) in [7, 11) is 0. The lowest BCUT2D eigenvalue weighted by Crippen LogP contribution is -2.35. The van der Waals surface area contributed by atoms with Gasteiger partial charge in [-0.3, -0.25) is 4.79 Å². The third-order valence-corrected chi connectivity index (χ3v) is 2.29. The SMILES string of the molecule is Br.O=C(Nc1ccccn1)C1CCCN1. The van der Waals surface area contributed by atoms with Crippen molar-refractivity contribution in [2.75, 3.05) is 11.9 Å². The van der Waals surface area contributed by atoms with Crippen LogP contribution in [0.4, 0.5) is 5.82 Å². The Kier molecular flexibility index (Phi) is 4.71. The van der Waals surface area contributed by atoms with Gasteiger partial charge >= 0.3 is 0 Å². The Hall–Kier alpha value is -0.940. The molecule has 0 radical (unpaired) electrons. The fourth-order valence-corrected chi connectivity index (χ4v) is 1.56. The summed E-state index contributed by atoms with van der Waals surface area (Å²) in [5, 5.41) is 5.91. The highest BCUT2D eigenvalue weighted by Crippen LogP contribution is 2.08. The summed E-state index contributed by atoms with van der Waals surface area (Å²) in [6, 6.07) is 5.41. The van der Waals surface area contributed by atoms with Crippen LogP contribution >= 0.6 is 17.0 Å². The van der Waals surface area contributed by atoms with E-state index in [2.05, 4.69) is 15.6 Å². The van der Waals surface area contributed by atoms with E-state index in [1.54, 1.807) is 12.3 Å². The molecule has 4 nitrogen and oxygen atoms in total. The number of hydrogen-bond acceptors (Lipinski definition) is 3. The first-order valence-electron chi connectivity index (χ1n) is 4.81. The molecule has 1 fully saturated rings. The van der Waals surface area contributed by atoms with Crippen molar-refractivity contribution in [1.82, 2.24) is 10.3 Å². The highest BCUT2D eigenvalue weighted by Gasteiger charge is 2.21. The molecule has 0 saturated carbocycles. The van der Waals surface area contributed by atoms with Crippen LogP contribution in [0.15, 0.2) is 24.4 Å². The maximum Gasteiger partial charge on any atom is 0.242 e. The number of nitrogens with zero attached hydrogens (tertiary/aromatic N) is 1. The molecule has 1 saturated heterocycles. The van der Waals surface area contributed by atoms with Gasteiger partial charge in [-0.25, -0.2) is 4.98 Å². The number of carbonyl (C=O) groups is 1. The number of amides is 1. The molecule has 82 valence electrons. The smallest absolute Gasteiger partial charge is 0.242 e. The molecule has 1 aromatic heterocycles. The fourth-order valence-electron chi connectivity index (χ4n) is 1.56. The Labute approximate surface area is 99.2 Å². The van der Waals surface area contributed by atoms with Crippen LogP contribution in [0.25, 0.3) is 0 Å². The third-order valence-electron chi connectivity index (χ3n) is 2.29. The Bertz CT molecular complexity index is 312. The molecule has 1 unspecified atom stereocenters. The van der Waals surface area contributed by atoms with E-state index in [0.29, 0.717) is 5.82 Å². The summed E-state index contributed by atoms with van der Waals surface area (Å²) < 4.78 is 0. The van der Waals surface area contributed by atoms with Crippen LogP contribution in [-0.2, 0) is 4.79 Å². The predicted molar refractivity (Wildman–Crippen MR) is 64.2 cm³/mol. The lowest BCUT2D eigenvalue weighted by Gasteiger charge is -2.09. The first-order chi connectivity index (χ1) is 6.86. The first kappa shape index (κ1) is 12.1. The maximum atomic E-state index is 11.6. The highest BCUT2D eigenvalue weighted by atomic mass is 79.9. The van der Waals surface area contributed by atoms with Gasteiger partial charge in [0, 0.05) is 6.20 Å². The van der Waals surface area contributed by atoms with E-state index in [1.807, 2.05) is 12.1 Å². The summed E-state index contributed by atoms with van der Waals surface area (Å²) in [5.74, 6) is 0.632. The Morgan fingerprint density at radius 2 is 2.40 bits per heavy atom. The van der Waals surface area contributed by atoms with Gasteiger partial charge in [0.1, 0.15) is 5.82 Å². The number of anilines is 1. The van der Waals surface area contributed by atoms with Gasteiger partial charge < -0.3 is 10.6 Å². The number of halogens is 1. The van der Waals surface area contributed by atoms with Crippen LogP contribution in [0.2, 0.25) is 0 Å². The van der Waals surface area contributed by atoms with Crippen molar-refractivity contribution in [3.63, 3.8) is 0 Å². The second kappa shape index (κ2) is 5.82. The van der Waals surface area contributed by atoms with Crippen LogP contribution in [0, 0.1) is 0 Å². The predicted octanol–water partition coefficient (Wildman–Crippen LogP) is 1.35. The van der Waals surface area contributed by atoms with E-state index < -0.39 is 0 Å². The van der Waals surface area contributed by atoms with E-state index in [4.69, 9.17) is 0 Å². The van der Waals surface area contributed by atoms with Crippen molar-refractivity contribution in [3.8, 4) is 0 Å². The van der Waals surface area contributed by atoms with E-state index in [0.717, 1.165) is 19.4 Å². The fraction of sp³-hybridized carbons (Fsp3) is 0.400. The van der Waals surface area contributed by atoms with Crippen molar-refractivity contribution in [2.45, 2.75) is 18.9 Å². The summed E-state index contributed by atoms with van der Waals surface area (Å²) in [6.07, 6.45) is 3.65. The van der Waals surface area contributed by atoms with Crippen molar-refractivity contribution >= 4 is 28.7 Å². The average molecular weight is 272 g/mol. The second-order valence-electron chi connectivity index (χ2n) is 3.35. The summed E-state index contributed by atoms with van der Waals surface area (Å²) in [5.41, 5.74) is 0. The number of nitrogens with one attached hydrogen (secondary N) is 2. The van der Waals surface area contributed by atoms with Gasteiger partial charge in [-0.05, 0) is 31.5 Å². The largest absolute Gasteiger partial charge is 0.309 e. The molecule has 2 heterocycles. The van der Waals surface area contributed by atoms with Gasteiger partial charge in [-0.2, -0.15) is 0 Å². The van der Waals surface area contributed by atoms with Gasteiger partial charge in [-0.15, -0.1) is 17.0 Å². The van der Waals surface area contributed by atoms with Crippen LogP contribution in [0.3, 0.4) is 0 Å². The zero-order chi connectivity index (χ0) is 9.80. The average Bonchev–Trinajstić information content (AvgIpc) is 2.72. The van der Waals surface area contributed by atoms with Crippen LogP contribution < -0.4 is 10.6 Å². The lowest BCUT2D eigenvalue weighted by atomic mass is 10.2. The molecule has 2 N–H and O–H groups in total. The lowest BCUT2D eigenvalue weighted by molar-refractivity contribution is -0.117. The van der Waals surface area contributed by atoms with Gasteiger partial charge in [0.15, 0.2) is 0 Å². The Balaban J connectivity index is 0.00000112. The molecule has 1 aliphatic heterocycles. The van der Waals surface area contributed by atoms with E-state index in [9.17, 15) is 4.79 Å². The summed E-state index contributed by atoms with van der Waals surface area (Å²) in [6.45, 7) is 0.931. The minimum Gasteiger partial charge on any atom is -0.309 e. The van der Waals surface area contributed by atoms with E-state index in [1.165, 1.54) is 0 Å². The molecule has 1 aliphatic rings.